The van der Waals surface area contributed by atoms with Crippen LogP contribution in [0.25, 0.3) is 22.2 Å². The fourth-order valence-electron chi connectivity index (χ4n) is 3.50. The number of para-hydroxylation sites is 1. The summed E-state index contributed by atoms with van der Waals surface area (Å²) in [6.45, 7) is 4.57. The Morgan fingerprint density at radius 2 is 1.67 bits per heavy atom. The van der Waals surface area contributed by atoms with Gasteiger partial charge in [-0.1, -0.05) is 60.7 Å². The molecule has 1 heterocycles. The monoisotopic (exact) mass is 396 g/mol. The maximum atomic E-state index is 13.2. The van der Waals surface area contributed by atoms with Crippen molar-refractivity contribution in [2.45, 2.75) is 19.9 Å². The molecule has 30 heavy (non-hydrogen) atoms. The van der Waals surface area contributed by atoms with Crippen LogP contribution in [0.4, 0.5) is 0 Å². The van der Waals surface area contributed by atoms with Gasteiger partial charge in [0.1, 0.15) is 5.75 Å². The summed E-state index contributed by atoms with van der Waals surface area (Å²) in [5.74, 6) is 0.708. The van der Waals surface area contributed by atoms with E-state index in [2.05, 4.69) is 5.32 Å². The Hall–Kier alpha value is -3.66. The van der Waals surface area contributed by atoms with Crippen molar-refractivity contribution >= 4 is 16.8 Å². The minimum absolute atomic E-state index is 0.118. The third-order valence-corrected chi connectivity index (χ3v) is 5.07. The van der Waals surface area contributed by atoms with E-state index in [4.69, 9.17) is 9.72 Å². The number of hydrogen-bond donors (Lipinski definition) is 1. The Kier molecular flexibility index (Phi) is 5.75. The van der Waals surface area contributed by atoms with E-state index in [1.807, 2.05) is 98.8 Å². The number of carbonyl (C=O) groups is 1. The molecule has 4 nitrogen and oxygen atoms in total. The van der Waals surface area contributed by atoms with Gasteiger partial charge in [-0.2, -0.15) is 0 Å². The van der Waals surface area contributed by atoms with Crippen LogP contribution < -0.4 is 10.1 Å². The Labute approximate surface area is 176 Å². The van der Waals surface area contributed by atoms with Gasteiger partial charge in [-0.05, 0) is 43.7 Å². The number of nitrogens with one attached hydrogen (secondary N) is 1. The largest absolute Gasteiger partial charge is 0.494 e. The number of fused-ring (bicyclic) bond motifs is 1. The van der Waals surface area contributed by atoms with E-state index in [1.165, 1.54) is 0 Å². The summed E-state index contributed by atoms with van der Waals surface area (Å²) in [7, 11) is 0. The molecule has 1 aromatic heterocycles. The van der Waals surface area contributed by atoms with Crippen molar-refractivity contribution in [3.05, 3.63) is 96.1 Å². The lowest BCUT2D eigenvalue weighted by molar-refractivity contribution is 0.0941. The fourth-order valence-corrected chi connectivity index (χ4v) is 3.50. The van der Waals surface area contributed by atoms with E-state index in [0.717, 1.165) is 33.5 Å². The zero-order valence-electron chi connectivity index (χ0n) is 17.1. The number of amides is 1. The molecule has 4 heteroatoms. The van der Waals surface area contributed by atoms with Crippen molar-refractivity contribution in [3.63, 3.8) is 0 Å². The van der Waals surface area contributed by atoms with Gasteiger partial charge in [0.25, 0.3) is 5.91 Å². The lowest BCUT2D eigenvalue weighted by Crippen LogP contribution is -2.27. The molecule has 0 saturated heterocycles. The van der Waals surface area contributed by atoms with E-state index in [-0.39, 0.29) is 11.9 Å². The highest BCUT2D eigenvalue weighted by Gasteiger charge is 2.16. The number of pyridine rings is 1. The maximum Gasteiger partial charge on any atom is 0.252 e. The predicted molar refractivity (Wildman–Crippen MR) is 121 cm³/mol. The van der Waals surface area contributed by atoms with E-state index in [9.17, 15) is 4.79 Å². The van der Waals surface area contributed by atoms with E-state index < -0.39 is 0 Å². The number of rotatable bonds is 6. The Balaban J connectivity index is 1.65. The molecule has 4 rings (SSSR count). The molecule has 1 atom stereocenters. The van der Waals surface area contributed by atoms with Crippen molar-refractivity contribution in [3.8, 4) is 17.0 Å². The van der Waals surface area contributed by atoms with Crippen LogP contribution in [0.15, 0.2) is 84.9 Å². The van der Waals surface area contributed by atoms with Gasteiger partial charge < -0.3 is 10.1 Å². The number of hydrogen-bond acceptors (Lipinski definition) is 3. The molecule has 1 unspecified atom stereocenters. The average molecular weight is 396 g/mol. The molecule has 3 aromatic carbocycles. The summed E-state index contributed by atoms with van der Waals surface area (Å²) in [6.07, 6.45) is 0. The molecule has 1 amide bonds. The molecule has 0 spiro atoms. The molecule has 4 aromatic rings. The predicted octanol–water partition coefficient (Wildman–Crippen LogP) is 5.79. The average Bonchev–Trinajstić information content (AvgIpc) is 2.79. The van der Waals surface area contributed by atoms with Crippen molar-refractivity contribution < 1.29 is 9.53 Å². The first-order valence-corrected chi connectivity index (χ1v) is 10.1. The second-order valence-corrected chi connectivity index (χ2v) is 7.14. The molecule has 0 aliphatic heterocycles. The summed E-state index contributed by atoms with van der Waals surface area (Å²) in [4.78, 5) is 18.0. The minimum Gasteiger partial charge on any atom is -0.494 e. The van der Waals surface area contributed by atoms with Crippen LogP contribution in [0.1, 0.15) is 35.8 Å². The van der Waals surface area contributed by atoms with Crippen LogP contribution in [0.5, 0.6) is 5.75 Å². The smallest absolute Gasteiger partial charge is 0.252 e. The van der Waals surface area contributed by atoms with Gasteiger partial charge in [0.05, 0.1) is 29.4 Å². The third kappa shape index (κ3) is 4.18. The standard InChI is InChI=1S/C26H24N2O2/c1-3-30-21-15-13-19(14-16-21)18(2)27-26(29)23-17-25(20-9-5-4-6-10-20)28-24-12-8-7-11-22(23)24/h4-18H,3H2,1-2H3,(H,27,29). The van der Waals surface area contributed by atoms with Crippen molar-refractivity contribution in [2.24, 2.45) is 0 Å². The van der Waals surface area contributed by atoms with E-state index in [0.29, 0.717) is 12.2 Å². The SMILES string of the molecule is CCOc1ccc(C(C)NC(=O)c2cc(-c3ccccc3)nc3ccccc23)cc1. The van der Waals surface area contributed by atoms with Crippen LogP contribution >= 0.6 is 0 Å². The number of nitrogens with zero attached hydrogens (tertiary/aromatic N) is 1. The molecule has 0 saturated carbocycles. The van der Waals surface area contributed by atoms with Gasteiger partial charge in [0.15, 0.2) is 0 Å². The first-order valence-electron chi connectivity index (χ1n) is 10.1. The Morgan fingerprint density at radius 3 is 2.40 bits per heavy atom. The highest BCUT2D eigenvalue weighted by molar-refractivity contribution is 6.07. The summed E-state index contributed by atoms with van der Waals surface area (Å²) < 4.78 is 5.50. The van der Waals surface area contributed by atoms with E-state index in [1.54, 1.807) is 0 Å². The molecular weight excluding hydrogens is 372 g/mol. The lowest BCUT2D eigenvalue weighted by Gasteiger charge is -2.16. The molecular formula is C26H24N2O2. The van der Waals surface area contributed by atoms with E-state index >= 15 is 0 Å². The Bertz CT molecular complexity index is 1150. The zero-order chi connectivity index (χ0) is 20.9. The lowest BCUT2D eigenvalue weighted by atomic mass is 10.0. The summed E-state index contributed by atoms with van der Waals surface area (Å²) in [6, 6.07) is 27.2. The maximum absolute atomic E-state index is 13.2. The molecule has 0 aliphatic carbocycles. The molecule has 150 valence electrons. The van der Waals surface area contributed by atoms with Gasteiger partial charge in [-0.3, -0.25) is 4.79 Å². The second-order valence-electron chi connectivity index (χ2n) is 7.14. The van der Waals surface area contributed by atoms with Crippen LogP contribution in [-0.2, 0) is 0 Å². The quantitative estimate of drug-likeness (QED) is 0.449. The van der Waals surface area contributed by atoms with Crippen molar-refractivity contribution in [1.29, 1.82) is 0 Å². The molecule has 0 radical (unpaired) electrons. The molecule has 0 aliphatic rings. The Morgan fingerprint density at radius 1 is 0.967 bits per heavy atom. The molecule has 0 bridgehead atoms. The van der Waals surface area contributed by atoms with Crippen LogP contribution in [0.3, 0.4) is 0 Å². The summed E-state index contributed by atoms with van der Waals surface area (Å²) in [5, 5.41) is 3.97. The highest BCUT2D eigenvalue weighted by atomic mass is 16.5. The number of aromatic nitrogens is 1. The van der Waals surface area contributed by atoms with Gasteiger partial charge in [0.2, 0.25) is 0 Å². The minimum atomic E-state index is -0.139. The van der Waals surface area contributed by atoms with Crippen LogP contribution in [0.2, 0.25) is 0 Å². The normalized spacial score (nSPS) is 11.8. The van der Waals surface area contributed by atoms with Crippen molar-refractivity contribution in [2.75, 3.05) is 6.61 Å². The topological polar surface area (TPSA) is 51.2 Å². The molecule has 0 fully saturated rings. The number of benzene rings is 3. The van der Waals surface area contributed by atoms with Gasteiger partial charge in [0, 0.05) is 10.9 Å². The van der Waals surface area contributed by atoms with Gasteiger partial charge in [-0.25, -0.2) is 4.98 Å². The zero-order valence-corrected chi connectivity index (χ0v) is 17.1. The highest BCUT2D eigenvalue weighted by Crippen LogP contribution is 2.26. The molecule has 1 N–H and O–H groups in total. The second kappa shape index (κ2) is 8.78. The van der Waals surface area contributed by atoms with Crippen LogP contribution in [0, 0.1) is 0 Å². The van der Waals surface area contributed by atoms with Gasteiger partial charge >= 0.3 is 0 Å². The summed E-state index contributed by atoms with van der Waals surface area (Å²) >= 11 is 0. The van der Waals surface area contributed by atoms with Crippen LogP contribution in [-0.4, -0.2) is 17.5 Å². The van der Waals surface area contributed by atoms with Crippen molar-refractivity contribution in [1.82, 2.24) is 10.3 Å². The fraction of sp³-hybridized carbons (Fsp3) is 0.154. The summed E-state index contributed by atoms with van der Waals surface area (Å²) in [5.41, 5.74) is 4.22. The first-order chi connectivity index (χ1) is 14.7. The third-order valence-electron chi connectivity index (χ3n) is 5.07. The number of carbonyl (C=O) groups excluding carboxylic acids is 1. The first kappa shape index (κ1) is 19.6. The van der Waals surface area contributed by atoms with Gasteiger partial charge in [-0.15, -0.1) is 0 Å². The number of ether oxygens (including phenoxy) is 1.